The Morgan fingerprint density at radius 1 is 1.58 bits per heavy atom. The summed E-state index contributed by atoms with van der Waals surface area (Å²) in [6, 6.07) is 1.60. The average Bonchev–Trinajstić information content (AvgIpc) is 2.50. The summed E-state index contributed by atoms with van der Waals surface area (Å²) in [6.07, 6.45) is 3.29. The standard InChI is InChI=1S/C7H6ClN3O/c8-6-3-5(4-12)7-9-1-2-11(7)10-6/h1-3,12H,4H2. The molecule has 12 heavy (non-hydrogen) atoms. The van der Waals surface area contributed by atoms with E-state index in [2.05, 4.69) is 10.1 Å². The first-order chi connectivity index (χ1) is 5.81. The lowest BCUT2D eigenvalue weighted by Crippen LogP contribution is -1.96. The van der Waals surface area contributed by atoms with Crippen molar-refractivity contribution in [3.05, 3.63) is 29.2 Å². The van der Waals surface area contributed by atoms with Crippen LogP contribution in [0.5, 0.6) is 0 Å². The first-order valence-electron chi connectivity index (χ1n) is 3.41. The molecule has 0 unspecified atom stereocenters. The molecule has 2 aromatic rings. The third-order valence-electron chi connectivity index (χ3n) is 1.58. The quantitative estimate of drug-likeness (QED) is 0.714. The van der Waals surface area contributed by atoms with E-state index in [1.54, 1.807) is 18.5 Å². The number of aromatic nitrogens is 3. The molecular weight excluding hydrogens is 178 g/mol. The number of hydrogen-bond acceptors (Lipinski definition) is 3. The van der Waals surface area contributed by atoms with Gasteiger partial charge in [-0.15, -0.1) is 0 Å². The predicted molar refractivity (Wildman–Crippen MR) is 43.9 cm³/mol. The van der Waals surface area contributed by atoms with E-state index < -0.39 is 0 Å². The average molecular weight is 184 g/mol. The van der Waals surface area contributed by atoms with Crippen molar-refractivity contribution in [1.29, 1.82) is 0 Å². The topological polar surface area (TPSA) is 50.4 Å². The van der Waals surface area contributed by atoms with Crippen LogP contribution in [-0.4, -0.2) is 19.7 Å². The maximum Gasteiger partial charge on any atom is 0.159 e. The molecular formula is C7H6ClN3O. The van der Waals surface area contributed by atoms with Gasteiger partial charge in [0.25, 0.3) is 0 Å². The Kier molecular flexibility index (Phi) is 1.71. The molecule has 0 atom stereocenters. The van der Waals surface area contributed by atoms with Crippen LogP contribution in [0.2, 0.25) is 5.15 Å². The van der Waals surface area contributed by atoms with Crippen LogP contribution in [0.4, 0.5) is 0 Å². The van der Waals surface area contributed by atoms with Crippen molar-refractivity contribution < 1.29 is 5.11 Å². The molecule has 5 heteroatoms. The van der Waals surface area contributed by atoms with Crippen LogP contribution >= 0.6 is 11.6 Å². The molecule has 0 fully saturated rings. The SMILES string of the molecule is OCc1cc(Cl)nn2ccnc12. The summed E-state index contributed by atoms with van der Waals surface area (Å²) in [5, 5.41) is 13.2. The van der Waals surface area contributed by atoms with E-state index in [1.165, 1.54) is 4.52 Å². The lowest BCUT2D eigenvalue weighted by Gasteiger charge is -1.99. The van der Waals surface area contributed by atoms with Crippen LogP contribution in [0, 0.1) is 0 Å². The van der Waals surface area contributed by atoms with Gasteiger partial charge in [-0.1, -0.05) is 11.6 Å². The van der Waals surface area contributed by atoms with Crippen molar-refractivity contribution in [1.82, 2.24) is 14.6 Å². The first kappa shape index (κ1) is 7.52. The van der Waals surface area contributed by atoms with Crippen LogP contribution in [0.15, 0.2) is 18.5 Å². The van der Waals surface area contributed by atoms with Gasteiger partial charge in [0, 0.05) is 18.0 Å². The summed E-state index contributed by atoms with van der Waals surface area (Å²) in [7, 11) is 0. The van der Waals surface area contributed by atoms with Gasteiger partial charge in [-0.05, 0) is 6.07 Å². The lowest BCUT2D eigenvalue weighted by atomic mass is 10.3. The summed E-state index contributed by atoms with van der Waals surface area (Å²) in [6.45, 7) is -0.0806. The Bertz CT molecular complexity index is 412. The highest BCUT2D eigenvalue weighted by atomic mass is 35.5. The smallest absolute Gasteiger partial charge is 0.159 e. The number of halogens is 1. The van der Waals surface area contributed by atoms with Gasteiger partial charge in [0.2, 0.25) is 0 Å². The number of aliphatic hydroxyl groups excluding tert-OH is 1. The third kappa shape index (κ3) is 1.05. The van der Waals surface area contributed by atoms with Gasteiger partial charge in [-0.2, -0.15) is 5.10 Å². The van der Waals surface area contributed by atoms with Gasteiger partial charge in [-0.3, -0.25) is 0 Å². The van der Waals surface area contributed by atoms with E-state index in [-0.39, 0.29) is 6.61 Å². The first-order valence-corrected chi connectivity index (χ1v) is 3.78. The fourth-order valence-corrected chi connectivity index (χ4v) is 1.28. The van der Waals surface area contributed by atoms with Crippen molar-refractivity contribution in [2.45, 2.75) is 6.61 Å². The predicted octanol–water partition coefficient (Wildman–Crippen LogP) is 0.875. The molecule has 0 saturated carbocycles. The number of imidazole rings is 1. The molecule has 0 saturated heterocycles. The van der Waals surface area contributed by atoms with Crippen molar-refractivity contribution in [3.8, 4) is 0 Å². The van der Waals surface area contributed by atoms with Crippen LogP contribution in [-0.2, 0) is 6.61 Å². The molecule has 0 aliphatic carbocycles. The second-order valence-electron chi connectivity index (χ2n) is 2.35. The Balaban J connectivity index is 2.80. The Hall–Kier alpha value is -1.13. The maximum atomic E-state index is 8.94. The molecule has 0 radical (unpaired) electrons. The second-order valence-corrected chi connectivity index (χ2v) is 2.73. The summed E-state index contributed by atoms with van der Waals surface area (Å²) < 4.78 is 1.54. The maximum absolute atomic E-state index is 8.94. The van der Waals surface area contributed by atoms with Gasteiger partial charge in [0.1, 0.15) is 0 Å². The summed E-state index contributed by atoms with van der Waals surface area (Å²) in [5.74, 6) is 0. The molecule has 2 rings (SSSR count). The van der Waals surface area contributed by atoms with E-state index in [9.17, 15) is 0 Å². The van der Waals surface area contributed by atoms with E-state index in [4.69, 9.17) is 16.7 Å². The number of nitrogens with zero attached hydrogens (tertiary/aromatic N) is 3. The molecule has 0 amide bonds. The Labute approximate surface area is 73.4 Å². The Morgan fingerprint density at radius 3 is 3.17 bits per heavy atom. The molecule has 2 heterocycles. The van der Waals surface area contributed by atoms with Gasteiger partial charge >= 0.3 is 0 Å². The summed E-state index contributed by atoms with van der Waals surface area (Å²) in [5.41, 5.74) is 1.32. The highest BCUT2D eigenvalue weighted by molar-refractivity contribution is 6.29. The number of fused-ring (bicyclic) bond motifs is 1. The van der Waals surface area contributed by atoms with Crippen molar-refractivity contribution >= 4 is 17.2 Å². The molecule has 62 valence electrons. The van der Waals surface area contributed by atoms with E-state index >= 15 is 0 Å². The largest absolute Gasteiger partial charge is 0.392 e. The molecule has 2 aromatic heterocycles. The number of aliphatic hydroxyl groups is 1. The monoisotopic (exact) mass is 183 g/mol. The lowest BCUT2D eigenvalue weighted by molar-refractivity contribution is 0.282. The van der Waals surface area contributed by atoms with E-state index in [0.29, 0.717) is 16.4 Å². The minimum absolute atomic E-state index is 0.0806. The minimum Gasteiger partial charge on any atom is -0.392 e. The molecule has 0 aromatic carbocycles. The molecule has 0 aliphatic heterocycles. The molecule has 0 bridgehead atoms. The van der Waals surface area contributed by atoms with Crippen molar-refractivity contribution in [3.63, 3.8) is 0 Å². The van der Waals surface area contributed by atoms with Crippen molar-refractivity contribution in [2.75, 3.05) is 0 Å². The molecule has 0 spiro atoms. The van der Waals surface area contributed by atoms with E-state index in [0.717, 1.165) is 0 Å². The number of hydrogen-bond donors (Lipinski definition) is 1. The molecule has 1 N–H and O–H groups in total. The highest BCUT2D eigenvalue weighted by Gasteiger charge is 2.03. The zero-order valence-electron chi connectivity index (χ0n) is 6.11. The fourth-order valence-electron chi connectivity index (χ4n) is 1.06. The zero-order valence-corrected chi connectivity index (χ0v) is 6.86. The summed E-state index contributed by atoms with van der Waals surface area (Å²) in [4.78, 5) is 4.01. The summed E-state index contributed by atoms with van der Waals surface area (Å²) >= 11 is 5.69. The van der Waals surface area contributed by atoms with Gasteiger partial charge in [-0.25, -0.2) is 9.50 Å². The fraction of sp³-hybridized carbons (Fsp3) is 0.143. The Morgan fingerprint density at radius 2 is 2.42 bits per heavy atom. The second kappa shape index (κ2) is 2.73. The zero-order chi connectivity index (χ0) is 8.55. The number of rotatable bonds is 1. The van der Waals surface area contributed by atoms with E-state index in [1.807, 2.05) is 0 Å². The highest BCUT2D eigenvalue weighted by Crippen LogP contribution is 2.12. The van der Waals surface area contributed by atoms with Crippen LogP contribution in [0.3, 0.4) is 0 Å². The third-order valence-corrected chi connectivity index (χ3v) is 1.76. The van der Waals surface area contributed by atoms with Gasteiger partial charge < -0.3 is 5.11 Å². The van der Waals surface area contributed by atoms with Crippen LogP contribution in [0.1, 0.15) is 5.56 Å². The van der Waals surface area contributed by atoms with Gasteiger partial charge in [0.15, 0.2) is 10.8 Å². The normalized spacial score (nSPS) is 10.8. The molecule has 4 nitrogen and oxygen atoms in total. The van der Waals surface area contributed by atoms with Crippen molar-refractivity contribution in [2.24, 2.45) is 0 Å². The molecule has 0 aliphatic rings. The van der Waals surface area contributed by atoms with Gasteiger partial charge in [0.05, 0.1) is 6.61 Å². The van der Waals surface area contributed by atoms with Crippen LogP contribution < -0.4 is 0 Å². The minimum atomic E-state index is -0.0806. The van der Waals surface area contributed by atoms with Crippen LogP contribution in [0.25, 0.3) is 5.65 Å².